The van der Waals surface area contributed by atoms with Gasteiger partial charge in [-0.15, -0.1) is 0 Å². The standard InChI is InChI=1S/C35H40ClN3O2S/c1-24-21-27(25(2)38(24)31-17-19-32(20-18-31)41-23-26-13-15-28(36)16-14-26)22-33-34(40)39(30-11-7-4-8-12-30)35(42-33)37-29-9-5-3-6-10-29/h13-22,29-30H,3-12,23H2,1-2H3. The van der Waals surface area contributed by atoms with Gasteiger partial charge in [0.2, 0.25) is 0 Å². The lowest BCUT2D eigenvalue weighted by Gasteiger charge is -2.31. The van der Waals surface area contributed by atoms with Gasteiger partial charge in [0.1, 0.15) is 12.4 Å². The summed E-state index contributed by atoms with van der Waals surface area (Å²) in [6.45, 7) is 4.74. The number of aromatic nitrogens is 1. The molecule has 0 unspecified atom stereocenters. The van der Waals surface area contributed by atoms with E-state index in [-0.39, 0.29) is 11.9 Å². The van der Waals surface area contributed by atoms with E-state index < -0.39 is 0 Å². The number of amides is 1. The Morgan fingerprint density at radius 2 is 1.60 bits per heavy atom. The van der Waals surface area contributed by atoms with Crippen LogP contribution in [0.4, 0.5) is 0 Å². The van der Waals surface area contributed by atoms with Gasteiger partial charge in [-0.1, -0.05) is 62.3 Å². The van der Waals surface area contributed by atoms with Crippen molar-refractivity contribution in [2.75, 3.05) is 0 Å². The monoisotopic (exact) mass is 601 g/mol. The molecule has 3 aromatic rings. The van der Waals surface area contributed by atoms with Gasteiger partial charge in [0, 0.05) is 28.1 Å². The first-order valence-electron chi connectivity index (χ1n) is 15.4. The van der Waals surface area contributed by atoms with Crippen molar-refractivity contribution in [3.05, 3.63) is 87.0 Å². The predicted molar refractivity (Wildman–Crippen MR) is 175 cm³/mol. The molecule has 1 aliphatic heterocycles. The molecule has 3 fully saturated rings. The van der Waals surface area contributed by atoms with Crippen LogP contribution in [0.2, 0.25) is 5.02 Å². The Hall–Kier alpha value is -2.96. The first-order chi connectivity index (χ1) is 20.5. The molecule has 220 valence electrons. The molecule has 1 amide bonds. The highest BCUT2D eigenvalue weighted by Crippen LogP contribution is 2.39. The smallest absolute Gasteiger partial charge is 0.267 e. The first-order valence-corrected chi connectivity index (χ1v) is 16.6. The van der Waals surface area contributed by atoms with Crippen LogP contribution in [0, 0.1) is 13.8 Å². The Labute approximate surface area is 259 Å². The second-order valence-corrected chi connectivity index (χ2v) is 13.3. The molecule has 0 bridgehead atoms. The highest BCUT2D eigenvalue weighted by Gasteiger charge is 2.39. The number of carbonyl (C=O) groups excluding carboxylic acids is 1. The fourth-order valence-corrected chi connectivity index (χ4v) is 7.74. The summed E-state index contributed by atoms with van der Waals surface area (Å²) in [6, 6.07) is 18.7. The van der Waals surface area contributed by atoms with Gasteiger partial charge in [-0.05, 0) is 111 Å². The molecule has 2 heterocycles. The van der Waals surface area contributed by atoms with Crippen molar-refractivity contribution < 1.29 is 9.53 Å². The molecule has 3 aliphatic rings. The van der Waals surface area contributed by atoms with E-state index in [1.165, 1.54) is 38.5 Å². The van der Waals surface area contributed by atoms with Crippen molar-refractivity contribution >= 4 is 40.5 Å². The number of nitrogens with zero attached hydrogens (tertiary/aromatic N) is 3. The topological polar surface area (TPSA) is 46.8 Å². The highest BCUT2D eigenvalue weighted by atomic mass is 35.5. The zero-order chi connectivity index (χ0) is 29.1. The van der Waals surface area contributed by atoms with Crippen molar-refractivity contribution in [1.82, 2.24) is 9.47 Å². The molecule has 7 heteroatoms. The maximum absolute atomic E-state index is 13.9. The number of ether oxygens (including phenoxy) is 1. The van der Waals surface area contributed by atoms with Crippen molar-refractivity contribution in [2.24, 2.45) is 4.99 Å². The Balaban J connectivity index is 1.22. The normalized spacial score (nSPS) is 20.6. The molecule has 42 heavy (non-hydrogen) atoms. The third kappa shape index (κ3) is 6.50. The quantitative estimate of drug-likeness (QED) is 0.254. The molecule has 2 aliphatic carbocycles. The minimum Gasteiger partial charge on any atom is -0.489 e. The molecule has 0 atom stereocenters. The summed E-state index contributed by atoms with van der Waals surface area (Å²) >= 11 is 7.58. The molecule has 0 spiro atoms. The molecule has 1 aromatic heterocycles. The van der Waals surface area contributed by atoms with Gasteiger partial charge >= 0.3 is 0 Å². The molecule has 2 saturated carbocycles. The molecule has 5 nitrogen and oxygen atoms in total. The Kier molecular flexibility index (Phi) is 9.11. The zero-order valence-electron chi connectivity index (χ0n) is 24.7. The van der Waals surface area contributed by atoms with Crippen molar-refractivity contribution in [2.45, 2.75) is 96.7 Å². The molecular formula is C35H40ClN3O2S. The van der Waals surface area contributed by atoms with Crippen LogP contribution >= 0.6 is 23.4 Å². The fourth-order valence-electron chi connectivity index (χ4n) is 6.52. The maximum atomic E-state index is 13.9. The number of aryl methyl sites for hydroxylation is 1. The molecule has 0 N–H and O–H groups in total. The first kappa shape index (κ1) is 29.1. The van der Waals surface area contributed by atoms with E-state index in [0.29, 0.717) is 12.6 Å². The van der Waals surface area contributed by atoms with Crippen LogP contribution in [0.3, 0.4) is 0 Å². The lowest BCUT2D eigenvalue weighted by molar-refractivity contribution is -0.124. The van der Waals surface area contributed by atoms with Crippen LogP contribution in [-0.4, -0.2) is 32.6 Å². The lowest BCUT2D eigenvalue weighted by Crippen LogP contribution is -2.41. The summed E-state index contributed by atoms with van der Waals surface area (Å²) in [4.78, 5) is 21.9. The van der Waals surface area contributed by atoms with E-state index in [2.05, 4.69) is 47.6 Å². The Morgan fingerprint density at radius 1 is 0.929 bits per heavy atom. The van der Waals surface area contributed by atoms with Crippen LogP contribution in [0.5, 0.6) is 5.75 Å². The van der Waals surface area contributed by atoms with Gasteiger partial charge < -0.3 is 9.30 Å². The SMILES string of the molecule is Cc1cc(C=C2SC(=NC3CCCCC3)N(C3CCCCC3)C2=O)c(C)n1-c1ccc(OCc2ccc(Cl)cc2)cc1. The van der Waals surface area contributed by atoms with Crippen LogP contribution in [0.15, 0.2) is 64.5 Å². The van der Waals surface area contributed by atoms with Crippen molar-refractivity contribution in [1.29, 1.82) is 0 Å². The molecular weight excluding hydrogens is 562 g/mol. The maximum Gasteiger partial charge on any atom is 0.267 e. The number of carbonyl (C=O) groups is 1. The average molecular weight is 602 g/mol. The summed E-state index contributed by atoms with van der Waals surface area (Å²) < 4.78 is 8.24. The highest BCUT2D eigenvalue weighted by molar-refractivity contribution is 8.18. The average Bonchev–Trinajstić information content (AvgIpc) is 3.47. The van der Waals surface area contributed by atoms with Crippen molar-refractivity contribution in [3.63, 3.8) is 0 Å². The van der Waals surface area contributed by atoms with Gasteiger partial charge in [-0.25, -0.2) is 0 Å². The fraction of sp³-hybridized carbons (Fsp3) is 0.429. The summed E-state index contributed by atoms with van der Waals surface area (Å²) in [5.41, 5.74) is 5.47. The summed E-state index contributed by atoms with van der Waals surface area (Å²) in [5, 5.41) is 1.66. The summed E-state index contributed by atoms with van der Waals surface area (Å²) in [6.07, 6.45) is 14.0. The minimum atomic E-state index is 0.133. The minimum absolute atomic E-state index is 0.133. The van der Waals surface area contributed by atoms with E-state index in [1.807, 2.05) is 36.4 Å². The summed E-state index contributed by atoms with van der Waals surface area (Å²) in [7, 11) is 0. The number of hydrogen-bond acceptors (Lipinski definition) is 4. The number of benzene rings is 2. The number of rotatable bonds is 7. The van der Waals surface area contributed by atoms with E-state index in [0.717, 1.165) is 74.7 Å². The van der Waals surface area contributed by atoms with Gasteiger partial charge in [0.25, 0.3) is 5.91 Å². The van der Waals surface area contributed by atoms with Crippen molar-refractivity contribution in [3.8, 4) is 11.4 Å². The molecule has 2 aromatic carbocycles. The van der Waals surface area contributed by atoms with Crippen LogP contribution < -0.4 is 4.74 Å². The van der Waals surface area contributed by atoms with Gasteiger partial charge in [-0.3, -0.25) is 14.7 Å². The van der Waals surface area contributed by atoms with Gasteiger partial charge in [0.05, 0.1) is 10.9 Å². The Bertz CT molecular complexity index is 1460. The second-order valence-electron chi connectivity index (χ2n) is 11.9. The lowest BCUT2D eigenvalue weighted by atomic mass is 9.94. The third-order valence-corrected chi connectivity index (χ3v) is 10.1. The third-order valence-electron chi connectivity index (χ3n) is 8.82. The Morgan fingerprint density at radius 3 is 2.29 bits per heavy atom. The second kappa shape index (κ2) is 13.1. The van der Waals surface area contributed by atoms with E-state index in [4.69, 9.17) is 21.3 Å². The molecule has 0 radical (unpaired) electrons. The van der Waals surface area contributed by atoms with Gasteiger partial charge in [-0.2, -0.15) is 0 Å². The van der Waals surface area contributed by atoms with Crippen LogP contribution in [-0.2, 0) is 11.4 Å². The van der Waals surface area contributed by atoms with Gasteiger partial charge in [0.15, 0.2) is 5.17 Å². The van der Waals surface area contributed by atoms with E-state index in [1.54, 1.807) is 11.8 Å². The summed E-state index contributed by atoms with van der Waals surface area (Å²) in [5.74, 6) is 0.951. The molecule has 1 saturated heterocycles. The van der Waals surface area contributed by atoms with E-state index in [9.17, 15) is 4.79 Å². The van der Waals surface area contributed by atoms with Crippen LogP contribution in [0.25, 0.3) is 11.8 Å². The zero-order valence-corrected chi connectivity index (χ0v) is 26.2. The number of hydrogen-bond donors (Lipinski definition) is 0. The number of amidine groups is 1. The van der Waals surface area contributed by atoms with Crippen LogP contribution in [0.1, 0.15) is 86.7 Å². The molecule has 6 rings (SSSR count). The number of thioether (sulfide) groups is 1. The number of aliphatic imine (C=N–C) groups is 1. The largest absolute Gasteiger partial charge is 0.489 e. The number of halogens is 1. The predicted octanol–water partition coefficient (Wildman–Crippen LogP) is 9.26. The van der Waals surface area contributed by atoms with E-state index >= 15 is 0 Å².